The second-order valence-corrected chi connectivity index (χ2v) is 2.51. The maximum atomic E-state index is 5.74. The van der Waals surface area contributed by atoms with E-state index in [2.05, 4.69) is 0 Å². The van der Waals surface area contributed by atoms with Gasteiger partial charge in [0.1, 0.15) is 5.15 Å². The van der Waals surface area contributed by atoms with E-state index in [1.807, 2.05) is 17.7 Å². The second kappa shape index (κ2) is 2.63. The molecule has 1 rings (SSSR count). The van der Waals surface area contributed by atoms with Crippen molar-refractivity contribution < 1.29 is 0 Å². The number of rotatable bonds is 1. The van der Waals surface area contributed by atoms with Gasteiger partial charge < -0.3 is 4.57 Å². The summed E-state index contributed by atoms with van der Waals surface area (Å²) in [6.45, 7) is 2.88. The molecule has 1 aromatic rings. The van der Waals surface area contributed by atoms with Gasteiger partial charge in [0.05, 0.1) is 5.02 Å². The molecular weight excluding hydrogens is 157 g/mol. The number of aryl methyl sites for hydroxylation is 1. The molecule has 0 saturated carbocycles. The van der Waals surface area contributed by atoms with Crippen molar-refractivity contribution in [2.75, 3.05) is 0 Å². The lowest BCUT2D eigenvalue weighted by molar-refractivity contribution is 0.770. The van der Waals surface area contributed by atoms with E-state index in [4.69, 9.17) is 23.2 Å². The quantitative estimate of drug-likeness (QED) is 0.601. The van der Waals surface area contributed by atoms with E-state index in [-0.39, 0.29) is 0 Å². The maximum absolute atomic E-state index is 5.74. The Labute approximate surface area is 64.2 Å². The molecule has 50 valence electrons. The Kier molecular flexibility index (Phi) is 2.04. The van der Waals surface area contributed by atoms with Gasteiger partial charge in [-0.2, -0.15) is 0 Å². The molecule has 1 aromatic heterocycles. The summed E-state index contributed by atoms with van der Waals surface area (Å²) in [4.78, 5) is 0. The summed E-state index contributed by atoms with van der Waals surface area (Å²) in [5, 5.41) is 1.25. The molecule has 0 saturated heterocycles. The third-order valence-corrected chi connectivity index (χ3v) is 2.01. The number of halogens is 2. The SMILES string of the molecule is CCn1ccc(Cl)c1Cl. The minimum absolute atomic E-state index is 0.624. The summed E-state index contributed by atoms with van der Waals surface area (Å²) in [6.07, 6.45) is 1.87. The molecule has 0 aliphatic rings. The first-order valence-electron chi connectivity index (χ1n) is 2.76. The summed E-state index contributed by atoms with van der Waals surface area (Å²) < 4.78 is 1.88. The van der Waals surface area contributed by atoms with Crippen LogP contribution in [0.25, 0.3) is 0 Å². The van der Waals surface area contributed by atoms with Crippen molar-refractivity contribution in [3.05, 3.63) is 22.4 Å². The molecule has 3 heteroatoms. The molecule has 0 fully saturated rings. The van der Waals surface area contributed by atoms with Gasteiger partial charge in [-0.1, -0.05) is 23.2 Å². The van der Waals surface area contributed by atoms with Gasteiger partial charge in [-0.3, -0.25) is 0 Å². The zero-order chi connectivity index (χ0) is 6.85. The van der Waals surface area contributed by atoms with Crippen LogP contribution >= 0.6 is 23.2 Å². The van der Waals surface area contributed by atoms with Crippen LogP contribution in [-0.2, 0) is 6.54 Å². The van der Waals surface area contributed by atoms with E-state index in [0.717, 1.165) is 6.54 Å². The molecule has 9 heavy (non-hydrogen) atoms. The average molecular weight is 164 g/mol. The second-order valence-electron chi connectivity index (χ2n) is 1.74. The van der Waals surface area contributed by atoms with E-state index in [1.165, 1.54) is 0 Å². The Morgan fingerprint density at radius 1 is 1.56 bits per heavy atom. The number of hydrogen-bond donors (Lipinski definition) is 0. The fourth-order valence-corrected chi connectivity index (χ4v) is 1.07. The molecule has 0 N–H and O–H groups in total. The van der Waals surface area contributed by atoms with Crippen LogP contribution in [0.15, 0.2) is 12.3 Å². The van der Waals surface area contributed by atoms with Crippen molar-refractivity contribution in [2.45, 2.75) is 13.5 Å². The molecule has 0 atom stereocenters. The highest BCUT2D eigenvalue weighted by Gasteiger charge is 2.00. The standard InChI is InChI=1S/C6H7Cl2N/c1-2-9-4-3-5(7)6(9)8/h3-4H,2H2,1H3. The molecule has 0 spiro atoms. The summed E-state index contributed by atoms with van der Waals surface area (Å²) >= 11 is 11.4. The van der Waals surface area contributed by atoms with Gasteiger partial charge >= 0.3 is 0 Å². The van der Waals surface area contributed by atoms with E-state index in [1.54, 1.807) is 6.07 Å². The van der Waals surface area contributed by atoms with Crippen LogP contribution in [0.3, 0.4) is 0 Å². The van der Waals surface area contributed by atoms with Crippen LogP contribution in [0, 0.1) is 0 Å². The molecule has 0 aromatic carbocycles. The first-order valence-corrected chi connectivity index (χ1v) is 3.51. The number of nitrogens with zero attached hydrogens (tertiary/aromatic N) is 1. The highest BCUT2D eigenvalue weighted by molar-refractivity contribution is 6.41. The van der Waals surface area contributed by atoms with Crippen LogP contribution in [0.4, 0.5) is 0 Å². The van der Waals surface area contributed by atoms with Gasteiger partial charge in [-0.25, -0.2) is 0 Å². The zero-order valence-corrected chi connectivity index (χ0v) is 6.58. The minimum atomic E-state index is 0.624. The summed E-state index contributed by atoms with van der Waals surface area (Å²) in [6, 6.07) is 1.79. The largest absolute Gasteiger partial charge is 0.338 e. The monoisotopic (exact) mass is 163 g/mol. The first kappa shape index (κ1) is 6.97. The van der Waals surface area contributed by atoms with Gasteiger partial charge in [0, 0.05) is 12.7 Å². The summed E-state index contributed by atoms with van der Waals surface area (Å²) in [5.74, 6) is 0. The van der Waals surface area contributed by atoms with Crippen molar-refractivity contribution in [3.8, 4) is 0 Å². The summed E-state index contributed by atoms with van der Waals surface area (Å²) in [5.41, 5.74) is 0. The lowest BCUT2D eigenvalue weighted by Gasteiger charge is -1.96. The van der Waals surface area contributed by atoms with Gasteiger partial charge in [0.25, 0.3) is 0 Å². The molecule has 0 unspecified atom stereocenters. The van der Waals surface area contributed by atoms with Crippen LogP contribution in [0.5, 0.6) is 0 Å². The predicted octanol–water partition coefficient (Wildman–Crippen LogP) is 2.81. The van der Waals surface area contributed by atoms with Crippen molar-refractivity contribution in [3.63, 3.8) is 0 Å². The molecule has 0 aliphatic heterocycles. The minimum Gasteiger partial charge on any atom is -0.338 e. The summed E-state index contributed by atoms with van der Waals surface area (Å²) in [7, 11) is 0. The Balaban J connectivity index is 3.04. The van der Waals surface area contributed by atoms with Crippen molar-refractivity contribution >= 4 is 23.2 Å². The Morgan fingerprint density at radius 3 is 2.44 bits per heavy atom. The van der Waals surface area contributed by atoms with Crippen LogP contribution in [0.1, 0.15) is 6.92 Å². The van der Waals surface area contributed by atoms with Gasteiger partial charge in [0.2, 0.25) is 0 Å². The molecule has 0 aliphatic carbocycles. The molecule has 1 nitrogen and oxygen atoms in total. The smallest absolute Gasteiger partial charge is 0.127 e. The van der Waals surface area contributed by atoms with Gasteiger partial charge in [-0.15, -0.1) is 0 Å². The zero-order valence-electron chi connectivity index (χ0n) is 5.06. The van der Waals surface area contributed by atoms with Gasteiger partial charge in [0.15, 0.2) is 0 Å². The van der Waals surface area contributed by atoms with Crippen molar-refractivity contribution in [1.82, 2.24) is 4.57 Å². The molecular formula is C6H7Cl2N. The van der Waals surface area contributed by atoms with Crippen molar-refractivity contribution in [2.24, 2.45) is 0 Å². The van der Waals surface area contributed by atoms with Crippen molar-refractivity contribution in [1.29, 1.82) is 0 Å². The maximum Gasteiger partial charge on any atom is 0.127 e. The normalized spacial score (nSPS) is 10.1. The van der Waals surface area contributed by atoms with Crippen LogP contribution < -0.4 is 0 Å². The van der Waals surface area contributed by atoms with Crippen LogP contribution in [0.2, 0.25) is 10.2 Å². The fraction of sp³-hybridized carbons (Fsp3) is 0.333. The van der Waals surface area contributed by atoms with E-state index in [9.17, 15) is 0 Å². The first-order chi connectivity index (χ1) is 4.25. The average Bonchev–Trinajstić information content (AvgIpc) is 2.15. The van der Waals surface area contributed by atoms with Crippen LogP contribution in [-0.4, -0.2) is 4.57 Å². The topological polar surface area (TPSA) is 4.93 Å². The fourth-order valence-electron chi connectivity index (χ4n) is 0.671. The molecule has 0 radical (unpaired) electrons. The third kappa shape index (κ3) is 1.22. The Bertz CT molecular complexity index is 205. The molecule has 0 bridgehead atoms. The molecule has 0 amide bonds. The van der Waals surface area contributed by atoms with E-state index in [0.29, 0.717) is 10.2 Å². The Morgan fingerprint density at radius 2 is 2.22 bits per heavy atom. The van der Waals surface area contributed by atoms with E-state index < -0.39 is 0 Å². The Hall–Kier alpha value is -0.140. The number of hydrogen-bond acceptors (Lipinski definition) is 0. The highest BCUT2D eigenvalue weighted by Crippen LogP contribution is 2.21. The lowest BCUT2D eigenvalue weighted by atomic mass is 10.7. The lowest BCUT2D eigenvalue weighted by Crippen LogP contribution is -1.89. The molecule has 1 heterocycles. The third-order valence-electron chi connectivity index (χ3n) is 1.19. The highest BCUT2D eigenvalue weighted by atomic mass is 35.5. The predicted molar refractivity (Wildman–Crippen MR) is 40.1 cm³/mol. The van der Waals surface area contributed by atoms with E-state index >= 15 is 0 Å². The number of aromatic nitrogens is 1. The van der Waals surface area contributed by atoms with Gasteiger partial charge in [-0.05, 0) is 13.0 Å².